The summed E-state index contributed by atoms with van der Waals surface area (Å²) >= 11 is 2.25. The number of hydrogen-bond donors (Lipinski definition) is 0. The molecule has 26 heavy (non-hydrogen) atoms. The first-order valence-corrected chi connectivity index (χ1v) is 10.3. The average molecular weight is 458 g/mol. The van der Waals surface area contributed by atoms with Crippen molar-refractivity contribution in [2.45, 2.75) is 25.3 Å². The molecule has 4 rings (SSSR count). The lowest BCUT2D eigenvalue weighted by Gasteiger charge is -2.22. The highest BCUT2D eigenvalue weighted by Crippen LogP contribution is 2.31. The summed E-state index contributed by atoms with van der Waals surface area (Å²) in [5.74, 6) is 0.118. The molecule has 1 atom stereocenters. The monoisotopic (exact) mass is 458 g/mol. The molecule has 1 aromatic heterocycles. The Hall–Kier alpha value is -1.66. The zero-order valence-corrected chi connectivity index (χ0v) is 17.1. The van der Waals surface area contributed by atoms with Crippen LogP contribution in [0.1, 0.15) is 41.2 Å². The van der Waals surface area contributed by atoms with E-state index in [-0.39, 0.29) is 5.78 Å². The Kier molecular flexibility index (Phi) is 5.14. The van der Waals surface area contributed by atoms with E-state index in [9.17, 15) is 4.79 Å². The normalized spacial score (nSPS) is 18.8. The van der Waals surface area contributed by atoms with Crippen LogP contribution < -0.4 is 0 Å². The number of likely N-dealkylation sites (tertiary alicyclic amines) is 1. The lowest BCUT2D eigenvalue weighted by molar-refractivity contribution is 0.103. The maximum absolute atomic E-state index is 13.3. The lowest BCUT2D eigenvalue weighted by Crippen LogP contribution is -2.25. The molecule has 0 N–H and O–H groups in total. The van der Waals surface area contributed by atoms with Crippen LogP contribution in [0.5, 0.6) is 0 Å². The summed E-state index contributed by atoms with van der Waals surface area (Å²) in [6.45, 7) is 2.19. The summed E-state index contributed by atoms with van der Waals surface area (Å²) in [5, 5.41) is 1.06. The molecule has 0 saturated carbocycles. The van der Waals surface area contributed by atoms with Crippen molar-refractivity contribution in [3.63, 3.8) is 0 Å². The second-order valence-corrected chi connectivity index (χ2v) is 8.35. The van der Waals surface area contributed by atoms with E-state index in [2.05, 4.69) is 63.5 Å². The van der Waals surface area contributed by atoms with Crippen molar-refractivity contribution >= 4 is 39.3 Å². The minimum Gasteiger partial charge on any atom is -0.342 e. The van der Waals surface area contributed by atoms with E-state index in [0.717, 1.165) is 33.2 Å². The standard InChI is InChI=1S/C22H23IN2O/c1-24-13-7-6-8-16(14-24)25-15-19(17-9-3-5-12-21(17)25)22(26)18-10-2-4-11-20(18)23/h2-5,9-12,15-16H,6-8,13-14H2,1H3/t16-/m1/s1. The molecule has 0 aliphatic carbocycles. The van der Waals surface area contributed by atoms with E-state index in [1.165, 1.54) is 24.8 Å². The molecule has 0 spiro atoms. The molecule has 1 aliphatic rings. The van der Waals surface area contributed by atoms with Crippen molar-refractivity contribution < 1.29 is 4.79 Å². The summed E-state index contributed by atoms with van der Waals surface area (Å²) < 4.78 is 3.35. The molecule has 1 aliphatic heterocycles. The Balaban J connectivity index is 1.82. The minimum atomic E-state index is 0.118. The molecule has 0 amide bonds. The molecule has 2 aromatic carbocycles. The van der Waals surface area contributed by atoms with Crippen molar-refractivity contribution in [3.8, 4) is 0 Å². The van der Waals surface area contributed by atoms with Crippen LogP contribution in [-0.4, -0.2) is 35.4 Å². The summed E-state index contributed by atoms with van der Waals surface area (Å²) in [6.07, 6.45) is 5.75. The quantitative estimate of drug-likeness (QED) is 0.402. The van der Waals surface area contributed by atoms with Crippen molar-refractivity contribution in [1.29, 1.82) is 0 Å². The molecule has 4 heteroatoms. The van der Waals surface area contributed by atoms with E-state index < -0.39 is 0 Å². The fourth-order valence-electron chi connectivity index (χ4n) is 4.01. The van der Waals surface area contributed by atoms with Gasteiger partial charge in [0.25, 0.3) is 0 Å². The van der Waals surface area contributed by atoms with Gasteiger partial charge in [0.15, 0.2) is 5.78 Å². The van der Waals surface area contributed by atoms with Crippen LogP contribution in [0, 0.1) is 3.57 Å². The van der Waals surface area contributed by atoms with Gasteiger partial charge in [-0.15, -0.1) is 0 Å². The van der Waals surface area contributed by atoms with Crippen LogP contribution in [0.15, 0.2) is 54.7 Å². The number of ketones is 1. The highest BCUT2D eigenvalue weighted by molar-refractivity contribution is 14.1. The zero-order chi connectivity index (χ0) is 18.1. The fourth-order valence-corrected chi connectivity index (χ4v) is 4.64. The summed E-state index contributed by atoms with van der Waals surface area (Å²) in [7, 11) is 2.20. The Morgan fingerprint density at radius 3 is 2.65 bits per heavy atom. The molecule has 134 valence electrons. The van der Waals surface area contributed by atoms with E-state index in [0.29, 0.717) is 6.04 Å². The first-order valence-electron chi connectivity index (χ1n) is 9.22. The molecular formula is C22H23IN2O. The number of aromatic nitrogens is 1. The number of carbonyl (C=O) groups excluding carboxylic acids is 1. The third-order valence-corrected chi connectivity index (χ3v) is 6.29. The van der Waals surface area contributed by atoms with Crippen LogP contribution in [0.2, 0.25) is 0 Å². The maximum atomic E-state index is 13.3. The van der Waals surface area contributed by atoms with Gasteiger partial charge in [-0.2, -0.15) is 0 Å². The molecular weight excluding hydrogens is 435 g/mol. The van der Waals surface area contributed by atoms with Crippen LogP contribution in [-0.2, 0) is 0 Å². The number of para-hydroxylation sites is 1. The second-order valence-electron chi connectivity index (χ2n) is 7.19. The van der Waals surface area contributed by atoms with Crippen molar-refractivity contribution in [2.75, 3.05) is 20.1 Å². The Labute approximate surface area is 168 Å². The zero-order valence-electron chi connectivity index (χ0n) is 15.0. The van der Waals surface area contributed by atoms with E-state index in [1.54, 1.807) is 0 Å². The van der Waals surface area contributed by atoms with Gasteiger partial charge in [-0.1, -0.05) is 36.8 Å². The highest BCUT2D eigenvalue weighted by Gasteiger charge is 2.23. The van der Waals surface area contributed by atoms with Crippen LogP contribution in [0.3, 0.4) is 0 Å². The molecule has 0 radical (unpaired) electrons. The van der Waals surface area contributed by atoms with Crippen LogP contribution in [0.4, 0.5) is 0 Å². The highest BCUT2D eigenvalue weighted by atomic mass is 127. The number of rotatable bonds is 3. The molecule has 1 fully saturated rings. The first kappa shape index (κ1) is 17.7. The summed E-state index contributed by atoms with van der Waals surface area (Å²) in [4.78, 5) is 15.7. The number of likely N-dealkylation sites (N-methyl/N-ethyl adjacent to an activating group) is 1. The molecule has 2 heterocycles. The first-order chi connectivity index (χ1) is 12.6. The summed E-state index contributed by atoms with van der Waals surface area (Å²) in [6, 6.07) is 16.6. The Morgan fingerprint density at radius 1 is 1.04 bits per heavy atom. The molecule has 0 bridgehead atoms. The van der Waals surface area contributed by atoms with Crippen molar-refractivity contribution in [1.82, 2.24) is 9.47 Å². The predicted octanol–water partition coefficient (Wildman–Crippen LogP) is 5.13. The van der Waals surface area contributed by atoms with Gasteiger partial charge in [-0.25, -0.2) is 0 Å². The van der Waals surface area contributed by atoms with Gasteiger partial charge in [0.1, 0.15) is 0 Å². The van der Waals surface area contributed by atoms with Crippen molar-refractivity contribution in [3.05, 3.63) is 69.4 Å². The number of fused-ring (bicyclic) bond motifs is 1. The van der Waals surface area contributed by atoms with E-state index in [4.69, 9.17) is 0 Å². The average Bonchev–Trinajstić information content (AvgIpc) is 2.90. The molecule has 1 saturated heterocycles. The largest absolute Gasteiger partial charge is 0.342 e. The molecule has 0 unspecified atom stereocenters. The lowest BCUT2D eigenvalue weighted by atomic mass is 10.0. The Morgan fingerprint density at radius 2 is 1.81 bits per heavy atom. The van der Waals surface area contributed by atoms with Gasteiger partial charge in [-0.05, 0) is 67.2 Å². The van der Waals surface area contributed by atoms with Gasteiger partial charge < -0.3 is 9.47 Å². The van der Waals surface area contributed by atoms with Crippen molar-refractivity contribution in [2.24, 2.45) is 0 Å². The number of benzene rings is 2. The number of carbonyl (C=O) groups is 1. The number of hydrogen-bond acceptors (Lipinski definition) is 2. The van der Waals surface area contributed by atoms with Gasteiger partial charge in [-0.3, -0.25) is 4.79 Å². The third kappa shape index (κ3) is 3.32. The predicted molar refractivity (Wildman–Crippen MR) is 115 cm³/mol. The van der Waals surface area contributed by atoms with Gasteiger partial charge in [0, 0.05) is 44.4 Å². The third-order valence-electron chi connectivity index (χ3n) is 5.35. The maximum Gasteiger partial charge on any atom is 0.196 e. The van der Waals surface area contributed by atoms with E-state index >= 15 is 0 Å². The van der Waals surface area contributed by atoms with Gasteiger partial charge in [0.05, 0.1) is 0 Å². The molecule has 3 aromatic rings. The Bertz CT molecular complexity index is 946. The van der Waals surface area contributed by atoms with E-state index in [1.807, 2.05) is 30.3 Å². The van der Waals surface area contributed by atoms with Gasteiger partial charge in [0.2, 0.25) is 0 Å². The van der Waals surface area contributed by atoms with Gasteiger partial charge >= 0.3 is 0 Å². The fraction of sp³-hybridized carbons (Fsp3) is 0.318. The topological polar surface area (TPSA) is 25.2 Å². The summed E-state index contributed by atoms with van der Waals surface area (Å²) in [5.41, 5.74) is 2.77. The number of halogens is 1. The van der Waals surface area contributed by atoms with Crippen LogP contribution in [0.25, 0.3) is 10.9 Å². The number of nitrogens with zero attached hydrogens (tertiary/aromatic N) is 2. The second kappa shape index (κ2) is 7.53. The molecule has 3 nitrogen and oxygen atoms in total. The SMILES string of the molecule is CN1CCCC[C@@H](n2cc(C(=O)c3ccccc3I)c3ccccc32)C1. The minimum absolute atomic E-state index is 0.118. The van der Waals surface area contributed by atoms with Crippen LogP contribution >= 0.6 is 22.6 Å². The smallest absolute Gasteiger partial charge is 0.196 e.